The fourth-order valence-electron chi connectivity index (χ4n) is 1.79. The summed E-state index contributed by atoms with van der Waals surface area (Å²) in [6.45, 7) is 5.94. The SMILES string of the molecule is C=C1C(C)=CC=C(c2ccc(Cl)cc2F)N1C. The lowest BCUT2D eigenvalue weighted by atomic mass is 10.0. The molecule has 1 aliphatic heterocycles. The maximum atomic E-state index is 13.8. The van der Waals surface area contributed by atoms with E-state index in [1.807, 2.05) is 31.0 Å². The van der Waals surface area contributed by atoms with Crippen LogP contribution in [0.3, 0.4) is 0 Å². The predicted octanol–water partition coefficient (Wildman–Crippen LogP) is 4.23. The van der Waals surface area contributed by atoms with Crippen molar-refractivity contribution in [3.8, 4) is 0 Å². The van der Waals surface area contributed by atoms with Crippen molar-refractivity contribution in [3.05, 3.63) is 64.6 Å². The third-order valence-electron chi connectivity index (χ3n) is 2.92. The molecule has 0 atom stereocenters. The molecule has 0 saturated heterocycles. The van der Waals surface area contributed by atoms with E-state index >= 15 is 0 Å². The molecule has 1 heterocycles. The fraction of sp³-hybridized carbons (Fsp3) is 0.143. The van der Waals surface area contributed by atoms with Crippen LogP contribution in [0.1, 0.15) is 12.5 Å². The summed E-state index contributed by atoms with van der Waals surface area (Å²) in [5.74, 6) is -0.323. The molecule has 0 aromatic heterocycles. The third-order valence-corrected chi connectivity index (χ3v) is 3.15. The van der Waals surface area contributed by atoms with Crippen LogP contribution in [0.5, 0.6) is 0 Å². The molecule has 1 aliphatic rings. The van der Waals surface area contributed by atoms with E-state index in [4.69, 9.17) is 11.6 Å². The van der Waals surface area contributed by atoms with Crippen LogP contribution in [0.4, 0.5) is 4.39 Å². The summed E-state index contributed by atoms with van der Waals surface area (Å²) in [5, 5.41) is 0.399. The van der Waals surface area contributed by atoms with E-state index in [1.165, 1.54) is 6.07 Å². The van der Waals surface area contributed by atoms with E-state index in [-0.39, 0.29) is 5.82 Å². The van der Waals surface area contributed by atoms with E-state index in [0.717, 1.165) is 17.0 Å². The second kappa shape index (κ2) is 4.38. The molecule has 2 rings (SSSR count). The minimum Gasteiger partial charge on any atom is -0.344 e. The van der Waals surface area contributed by atoms with Crippen LogP contribution in [0.25, 0.3) is 5.70 Å². The quantitative estimate of drug-likeness (QED) is 0.720. The lowest BCUT2D eigenvalue weighted by molar-refractivity contribution is 0.580. The minimum atomic E-state index is -0.323. The highest BCUT2D eigenvalue weighted by Gasteiger charge is 2.17. The van der Waals surface area contributed by atoms with Crippen LogP contribution in [0.2, 0.25) is 5.02 Å². The van der Waals surface area contributed by atoms with Gasteiger partial charge in [-0.2, -0.15) is 0 Å². The molecular weight excluding hydrogens is 237 g/mol. The standard InChI is InChI=1S/C14H13ClFN/c1-9-4-7-14(17(3)10(9)2)12-6-5-11(15)8-13(12)16/h4-8H,2H2,1,3H3. The molecular formula is C14H13ClFN. The van der Waals surface area contributed by atoms with Crippen molar-refractivity contribution in [2.75, 3.05) is 7.05 Å². The molecule has 0 unspecified atom stereocenters. The van der Waals surface area contributed by atoms with Crippen LogP contribution in [0, 0.1) is 5.82 Å². The van der Waals surface area contributed by atoms with Gasteiger partial charge in [-0.15, -0.1) is 0 Å². The average Bonchev–Trinajstić information content (AvgIpc) is 2.28. The van der Waals surface area contributed by atoms with Crippen molar-refractivity contribution in [2.45, 2.75) is 6.92 Å². The molecule has 88 valence electrons. The molecule has 0 fully saturated rings. The average molecular weight is 250 g/mol. The Bertz CT molecular complexity index is 543. The minimum absolute atomic E-state index is 0.323. The highest BCUT2D eigenvalue weighted by molar-refractivity contribution is 6.30. The molecule has 1 aromatic rings. The van der Waals surface area contributed by atoms with Gasteiger partial charge < -0.3 is 4.90 Å². The van der Waals surface area contributed by atoms with Gasteiger partial charge in [-0.25, -0.2) is 4.39 Å². The molecule has 0 aliphatic carbocycles. The van der Waals surface area contributed by atoms with Gasteiger partial charge in [0.05, 0.1) is 5.70 Å². The number of benzene rings is 1. The van der Waals surface area contributed by atoms with Crippen molar-refractivity contribution in [2.24, 2.45) is 0 Å². The van der Waals surface area contributed by atoms with Gasteiger partial charge in [-0.05, 0) is 36.8 Å². The van der Waals surface area contributed by atoms with Crippen molar-refractivity contribution in [3.63, 3.8) is 0 Å². The molecule has 0 spiro atoms. The first kappa shape index (κ1) is 11.9. The zero-order valence-corrected chi connectivity index (χ0v) is 10.6. The first-order chi connectivity index (χ1) is 8.00. The second-order valence-corrected chi connectivity index (χ2v) is 4.47. The first-order valence-corrected chi connectivity index (χ1v) is 5.65. The number of halogens is 2. The number of hydrogen-bond donors (Lipinski definition) is 0. The Morgan fingerprint density at radius 3 is 2.65 bits per heavy atom. The second-order valence-electron chi connectivity index (χ2n) is 4.03. The fourth-order valence-corrected chi connectivity index (χ4v) is 1.95. The molecule has 0 N–H and O–H groups in total. The topological polar surface area (TPSA) is 3.24 Å². The molecule has 0 amide bonds. The molecule has 1 nitrogen and oxygen atoms in total. The van der Waals surface area contributed by atoms with Gasteiger partial charge in [0.1, 0.15) is 5.82 Å². The van der Waals surface area contributed by atoms with Crippen LogP contribution < -0.4 is 0 Å². The van der Waals surface area contributed by atoms with Gasteiger partial charge >= 0.3 is 0 Å². The molecule has 0 bridgehead atoms. The number of rotatable bonds is 1. The molecule has 0 radical (unpaired) electrons. The van der Waals surface area contributed by atoms with Crippen molar-refractivity contribution in [1.29, 1.82) is 0 Å². The van der Waals surface area contributed by atoms with E-state index in [1.54, 1.807) is 12.1 Å². The van der Waals surface area contributed by atoms with E-state index < -0.39 is 0 Å². The van der Waals surface area contributed by atoms with E-state index in [9.17, 15) is 4.39 Å². The normalized spacial score (nSPS) is 15.8. The summed E-state index contributed by atoms with van der Waals surface area (Å²) in [4.78, 5) is 1.88. The van der Waals surface area contributed by atoms with Crippen LogP contribution in [-0.2, 0) is 0 Å². The summed E-state index contributed by atoms with van der Waals surface area (Å²) in [6, 6.07) is 4.68. The predicted molar refractivity (Wildman–Crippen MR) is 70.0 cm³/mol. The Balaban J connectivity index is 2.51. The highest BCUT2D eigenvalue weighted by Crippen LogP contribution is 2.31. The summed E-state index contributed by atoms with van der Waals surface area (Å²) in [6.07, 6.45) is 3.82. The maximum absolute atomic E-state index is 13.8. The van der Waals surface area contributed by atoms with Gasteiger partial charge in [0, 0.05) is 23.3 Å². The molecule has 1 aromatic carbocycles. The van der Waals surface area contributed by atoms with Gasteiger partial charge in [-0.3, -0.25) is 0 Å². The summed E-state index contributed by atoms with van der Waals surface area (Å²) >= 11 is 5.74. The maximum Gasteiger partial charge on any atom is 0.134 e. The lowest BCUT2D eigenvalue weighted by Gasteiger charge is -2.28. The van der Waals surface area contributed by atoms with Crippen molar-refractivity contribution in [1.82, 2.24) is 4.90 Å². The number of hydrogen-bond acceptors (Lipinski definition) is 1. The molecule has 3 heteroatoms. The van der Waals surface area contributed by atoms with Crippen molar-refractivity contribution >= 4 is 17.3 Å². The molecule has 0 saturated carbocycles. The van der Waals surface area contributed by atoms with Crippen LogP contribution in [0.15, 0.2) is 48.2 Å². The van der Waals surface area contributed by atoms with E-state index in [2.05, 4.69) is 6.58 Å². The summed E-state index contributed by atoms with van der Waals surface area (Å²) < 4.78 is 13.8. The van der Waals surface area contributed by atoms with Gasteiger partial charge in [0.2, 0.25) is 0 Å². The zero-order chi connectivity index (χ0) is 12.6. The first-order valence-electron chi connectivity index (χ1n) is 5.27. The Morgan fingerprint density at radius 2 is 2.00 bits per heavy atom. The zero-order valence-electron chi connectivity index (χ0n) is 9.80. The lowest BCUT2D eigenvalue weighted by Crippen LogP contribution is -2.19. The summed E-state index contributed by atoms with van der Waals surface area (Å²) in [7, 11) is 1.87. The van der Waals surface area contributed by atoms with Crippen LogP contribution >= 0.6 is 11.6 Å². The van der Waals surface area contributed by atoms with Gasteiger partial charge in [0.15, 0.2) is 0 Å². The Hall–Kier alpha value is -1.54. The summed E-state index contributed by atoms with van der Waals surface area (Å²) in [5.41, 5.74) is 3.26. The Morgan fingerprint density at radius 1 is 1.29 bits per heavy atom. The monoisotopic (exact) mass is 249 g/mol. The van der Waals surface area contributed by atoms with Crippen molar-refractivity contribution < 1.29 is 4.39 Å². The highest BCUT2D eigenvalue weighted by atomic mass is 35.5. The number of nitrogens with zero attached hydrogens (tertiary/aromatic N) is 1. The van der Waals surface area contributed by atoms with Gasteiger partial charge in [-0.1, -0.05) is 24.3 Å². The Kier molecular flexibility index (Phi) is 3.07. The third kappa shape index (κ3) is 2.13. The number of allylic oxidation sites excluding steroid dienone is 3. The van der Waals surface area contributed by atoms with Gasteiger partial charge in [0.25, 0.3) is 0 Å². The molecule has 17 heavy (non-hydrogen) atoms. The smallest absolute Gasteiger partial charge is 0.134 e. The Labute approximate surface area is 106 Å². The van der Waals surface area contributed by atoms with Crippen LogP contribution in [-0.4, -0.2) is 11.9 Å². The largest absolute Gasteiger partial charge is 0.344 e. The number of likely N-dealkylation sites (N-methyl/N-ethyl adjacent to an activating group) is 1. The van der Waals surface area contributed by atoms with E-state index in [0.29, 0.717) is 10.6 Å².